The van der Waals surface area contributed by atoms with Crippen LogP contribution in [0.1, 0.15) is 61.0 Å². The number of anilines is 1. The van der Waals surface area contributed by atoms with Gasteiger partial charge in [0.15, 0.2) is 5.78 Å². The molecule has 3 atom stereocenters. The van der Waals surface area contributed by atoms with E-state index in [1.807, 2.05) is 48.8 Å². The Labute approximate surface area is 250 Å². The molecular weight excluding hydrogens is 590 g/mol. The number of benzene rings is 2. The third kappa shape index (κ3) is 7.28. The number of hydrogen-bond donors (Lipinski definition) is 2. The topological polar surface area (TPSA) is 112 Å². The van der Waals surface area contributed by atoms with Gasteiger partial charge in [-0.05, 0) is 41.9 Å². The summed E-state index contributed by atoms with van der Waals surface area (Å²) in [6.45, 7) is 8.12. The zero-order valence-corrected chi connectivity index (χ0v) is 25.8. The van der Waals surface area contributed by atoms with Gasteiger partial charge in [-0.15, -0.1) is 0 Å². The predicted molar refractivity (Wildman–Crippen MR) is 162 cm³/mol. The number of hydrogen-bond acceptors (Lipinski definition) is 7. The van der Waals surface area contributed by atoms with Crippen molar-refractivity contribution in [3.05, 3.63) is 59.2 Å². The number of nitrogens with zero attached hydrogens (tertiary/aromatic N) is 3. The molecule has 0 radical (unpaired) electrons. The van der Waals surface area contributed by atoms with E-state index in [0.29, 0.717) is 49.5 Å². The van der Waals surface area contributed by atoms with Crippen molar-refractivity contribution in [2.45, 2.75) is 51.0 Å². The quantitative estimate of drug-likeness (QED) is 0.334. The van der Waals surface area contributed by atoms with Gasteiger partial charge >= 0.3 is 5.97 Å². The molecule has 4 rings (SSSR count). The first-order valence-electron chi connectivity index (χ1n) is 14.0. The van der Waals surface area contributed by atoms with E-state index in [1.165, 1.54) is 0 Å². The number of rotatable bonds is 11. The van der Waals surface area contributed by atoms with Crippen LogP contribution in [0.15, 0.2) is 46.5 Å². The SMILES string of the molecule is COCC[C@H]1CN(CC(=O)c2cc(N3CCC(OCC(=O)O)C3)c(O)c(C(C)(C)C)c2)/C(=N\Br)[C@@H]1c1ccccc1. The summed E-state index contributed by atoms with van der Waals surface area (Å²) >= 11 is 3.34. The van der Waals surface area contributed by atoms with E-state index < -0.39 is 11.4 Å². The van der Waals surface area contributed by atoms with Crippen LogP contribution in [0.3, 0.4) is 0 Å². The minimum atomic E-state index is -1.01. The summed E-state index contributed by atoms with van der Waals surface area (Å²) in [5.74, 6) is 0.142. The Morgan fingerprint density at radius 2 is 1.88 bits per heavy atom. The number of amidine groups is 1. The maximum absolute atomic E-state index is 13.9. The number of carbonyl (C=O) groups excluding carboxylic acids is 1. The van der Waals surface area contributed by atoms with Gasteiger partial charge in [0.05, 0.1) is 34.5 Å². The number of likely N-dealkylation sites (tertiary alicyclic amines) is 1. The molecule has 222 valence electrons. The molecule has 9 nitrogen and oxygen atoms in total. The number of aromatic hydroxyl groups is 1. The van der Waals surface area contributed by atoms with E-state index in [0.717, 1.165) is 17.8 Å². The highest BCUT2D eigenvalue weighted by atomic mass is 79.9. The fourth-order valence-electron chi connectivity index (χ4n) is 5.88. The second kappa shape index (κ2) is 13.4. The monoisotopic (exact) mass is 629 g/mol. The van der Waals surface area contributed by atoms with Crippen molar-refractivity contribution in [1.29, 1.82) is 0 Å². The summed E-state index contributed by atoms with van der Waals surface area (Å²) in [5.41, 5.74) is 2.51. The molecule has 0 spiro atoms. The largest absolute Gasteiger partial charge is 0.505 e. The second-order valence-corrected chi connectivity index (χ2v) is 12.2. The van der Waals surface area contributed by atoms with Crippen molar-refractivity contribution in [2.75, 3.05) is 51.4 Å². The van der Waals surface area contributed by atoms with E-state index >= 15 is 0 Å². The number of carboxylic acid groups (broad SMARTS) is 1. The highest BCUT2D eigenvalue weighted by Crippen LogP contribution is 2.41. The maximum atomic E-state index is 13.9. The van der Waals surface area contributed by atoms with Gasteiger partial charge in [0.25, 0.3) is 0 Å². The molecule has 2 aliphatic rings. The van der Waals surface area contributed by atoms with Crippen LogP contribution in [0.5, 0.6) is 5.75 Å². The molecule has 0 aliphatic carbocycles. The van der Waals surface area contributed by atoms with Gasteiger partial charge in [0.2, 0.25) is 0 Å². The number of phenols is 1. The number of ketones is 1. The smallest absolute Gasteiger partial charge is 0.329 e. The van der Waals surface area contributed by atoms with Crippen molar-refractivity contribution < 1.29 is 29.3 Å². The summed E-state index contributed by atoms with van der Waals surface area (Å²) in [6.07, 6.45) is 1.21. The number of Topliss-reactive ketones (excluding diaryl/α,β-unsaturated/α-hetero) is 1. The number of carboxylic acids is 1. The van der Waals surface area contributed by atoms with Gasteiger partial charge in [-0.3, -0.25) is 4.79 Å². The van der Waals surface area contributed by atoms with Gasteiger partial charge in [-0.2, -0.15) is 4.02 Å². The highest BCUT2D eigenvalue weighted by Gasteiger charge is 2.40. The number of carbonyl (C=O) groups is 2. The zero-order valence-electron chi connectivity index (χ0n) is 24.2. The fourth-order valence-corrected chi connectivity index (χ4v) is 6.32. The van der Waals surface area contributed by atoms with E-state index in [-0.39, 0.29) is 42.6 Å². The van der Waals surface area contributed by atoms with Crippen LogP contribution >= 0.6 is 16.1 Å². The third-order valence-corrected chi connectivity index (χ3v) is 8.31. The molecule has 2 heterocycles. The molecule has 41 heavy (non-hydrogen) atoms. The van der Waals surface area contributed by atoms with E-state index in [4.69, 9.17) is 14.6 Å². The van der Waals surface area contributed by atoms with Crippen LogP contribution in [-0.2, 0) is 19.7 Å². The van der Waals surface area contributed by atoms with E-state index in [9.17, 15) is 14.7 Å². The number of aliphatic carboxylic acids is 1. The lowest BCUT2D eigenvalue weighted by atomic mass is 9.84. The van der Waals surface area contributed by atoms with Gasteiger partial charge < -0.3 is 29.5 Å². The maximum Gasteiger partial charge on any atom is 0.329 e. The van der Waals surface area contributed by atoms with Crippen molar-refractivity contribution in [2.24, 2.45) is 9.94 Å². The van der Waals surface area contributed by atoms with Crippen LogP contribution in [-0.4, -0.2) is 85.3 Å². The third-order valence-electron chi connectivity index (χ3n) is 7.95. The Morgan fingerprint density at radius 1 is 1.15 bits per heavy atom. The Balaban J connectivity index is 1.61. The highest BCUT2D eigenvalue weighted by molar-refractivity contribution is 9.08. The molecule has 2 aromatic carbocycles. The Hall–Kier alpha value is -2.95. The molecular formula is C31H40BrN3O6. The average molecular weight is 631 g/mol. The second-order valence-electron chi connectivity index (χ2n) is 11.9. The molecule has 2 saturated heterocycles. The molecule has 2 aromatic rings. The van der Waals surface area contributed by atoms with E-state index in [2.05, 4.69) is 32.3 Å². The first-order chi connectivity index (χ1) is 19.5. The predicted octanol–water partition coefficient (Wildman–Crippen LogP) is 5.01. The van der Waals surface area contributed by atoms with Crippen LogP contribution in [0, 0.1) is 5.92 Å². The Morgan fingerprint density at radius 3 is 2.51 bits per heavy atom. The molecule has 10 heteroatoms. The number of methoxy groups -OCH3 is 1. The number of phenolic OH excluding ortho intramolecular Hbond substituents is 1. The van der Waals surface area contributed by atoms with Crippen molar-refractivity contribution in [3.8, 4) is 5.75 Å². The average Bonchev–Trinajstić information content (AvgIpc) is 3.55. The van der Waals surface area contributed by atoms with Gasteiger partial charge in [-0.25, -0.2) is 4.79 Å². The van der Waals surface area contributed by atoms with Crippen LogP contribution in [0.25, 0.3) is 0 Å². The molecule has 2 aliphatic heterocycles. The molecule has 0 bridgehead atoms. The summed E-state index contributed by atoms with van der Waals surface area (Å²) in [6, 6.07) is 13.8. The minimum Gasteiger partial charge on any atom is -0.505 e. The molecule has 1 unspecified atom stereocenters. The fraction of sp³-hybridized carbons (Fsp3) is 0.516. The van der Waals surface area contributed by atoms with Gasteiger partial charge in [0, 0.05) is 50.4 Å². The summed E-state index contributed by atoms with van der Waals surface area (Å²) in [4.78, 5) is 28.9. The van der Waals surface area contributed by atoms with Crippen molar-refractivity contribution in [1.82, 2.24) is 4.90 Å². The summed E-state index contributed by atoms with van der Waals surface area (Å²) in [5, 5.41) is 20.3. The van der Waals surface area contributed by atoms with Crippen LogP contribution in [0.2, 0.25) is 0 Å². The number of halogens is 1. The Bertz CT molecular complexity index is 1260. The van der Waals surface area contributed by atoms with Crippen molar-refractivity contribution >= 4 is 39.4 Å². The molecule has 0 saturated carbocycles. The first-order valence-corrected chi connectivity index (χ1v) is 14.7. The summed E-state index contributed by atoms with van der Waals surface area (Å²) < 4.78 is 15.4. The lowest BCUT2D eigenvalue weighted by Crippen LogP contribution is -2.32. The van der Waals surface area contributed by atoms with Crippen LogP contribution < -0.4 is 4.90 Å². The normalized spacial score (nSPS) is 22.1. The Kier molecular flexibility index (Phi) is 10.1. The van der Waals surface area contributed by atoms with Crippen LogP contribution in [0.4, 0.5) is 5.69 Å². The van der Waals surface area contributed by atoms with Crippen molar-refractivity contribution in [3.63, 3.8) is 0 Å². The first kappa shape index (κ1) is 31.0. The lowest BCUT2D eigenvalue weighted by Gasteiger charge is -2.27. The summed E-state index contributed by atoms with van der Waals surface area (Å²) in [7, 11) is 1.70. The molecule has 0 aromatic heterocycles. The lowest BCUT2D eigenvalue weighted by molar-refractivity contribution is -0.143. The number of ether oxygens (including phenoxy) is 2. The van der Waals surface area contributed by atoms with Gasteiger partial charge in [-0.1, -0.05) is 51.1 Å². The van der Waals surface area contributed by atoms with Gasteiger partial charge in [0.1, 0.15) is 18.2 Å². The molecule has 2 N–H and O–H groups in total. The standard InChI is InChI=1S/C31H40BrN3O6/c1-31(2,3)24-14-22(15-25(29(24)39)34-12-10-23(17-34)41-19-27(37)38)26(36)18-35-16-21(11-13-40-4)28(30(35)33-32)20-8-6-5-7-9-20/h5-9,14-15,21,23,28,39H,10-13,16-19H2,1-4H3,(H,37,38)/b33-30-/t21-,23?,28+/m0/s1. The van der Waals surface area contributed by atoms with E-state index in [1.54, 1.807) is 19.2 Å². The zero-order chi connectivity index (χ0) is 29.7. The minimum absolute atomic E-state index is 0.0337. The molecule has 2 fully saturated rings. The molecule has 0 amide bonds.